The van der Waals surface area contributed by atoms with Crippen molar-refractivity contribution < 1.29 is 13.2 Å². The molecule has 176 valence electrons. The Balaban J connectivity index is 1.56. The fraction of sp³-hybridized carbons (Fsp3) is 0.286. The van der Waals surface area contributed by atoms with E-state index in [1.807, 2.05) is 30.3 Å². The van der Waals surface area contributed by atoms with Crippen LogP contribution in [0.15, 0.2) is 95.2 Å². The molecule has 0 radical (unpaired) electrons. The summed E-state index contributed by atoms with van der Waals surface area (Å²) >= 11 is 0. The maximum absolute atomic E-state index is 13.2. The van der Waals surface area contributed by atoms with Gasteiger partial charge in [-0.2, -0.15) is 18.3 Å². The summed E-state index contributed by atoms with van der Waals surface area (Å²) in [6.45, 7) is 6.05. The quantitative estimate of drug-likeness (QED) is 0.420. The van der Waals surface area contributed by atoms with Crippen LogP contribution in [-0.2, 0) is 0 Å². The van der Waals surface area contributed by atoms with Crippen molar-refractivity contribution in [3.05, 3.63) is 95.6 Å². The fourth-order valence-electron chi connectivity index (χ4n) is 4.20. The first-order chi connectivity index (χ1) is 16.4. The Kier molecular flexibility index (Phi) is 7.15. The summed E-state index contributed by atoms with van der Waals surface area (Å²) in [5.74, 6) is 0.573. The van der Waals surface area contributed by atoms with E-state index in [1.165, 1.54) is 22.4 Å². The third-order valence-corrected chi connectivity index (χ3v) is 6.14. The summed E-state index contributed by atoms with van der Waals surface area (Å²) < 4.78 is 39.5. The zero-order valence-electron chi connectivity index (χ0n) is 19.2. The second kappa shape index (κ2) is 10.2. The topological polar surface area (TPSA) is 28.5 Å². The van der Waals surface area contributed by atoms with Gasteiger partial charge in [-0.15, -0.1) is 0 Å². The molecule has 2 aromatic rings. The van der Waals surface area contributed by atoms with Gasteiger partial charge < -0.3 is 0 Å². The Morgan fingerprint density at radius 2 is 1.97 bits per heavy atom. The van der Waals surface area contributed by atoms with E-state index in [-0.39, 0.29) is 12.5 Å². The molecule has 0 saturated carbocycles. The molecule has 1 unspecified atom stereocenters. The molecule has 1 aliphatic carbocycles. The third kappa shape index (κ3) is 5.38. The van der Waals surface area contributed by atoms with Crippen molar-refractivity contribution >= 4 is 12.0 Å². The first-order valence-electron chi connectivity index (χ1n) is 11.6. The Bertz CT molecular complexity index is 1170. The molecular weight excluding hydrogens is 435 g/mol. The van der Waals surface area contributed by atoms with Crippen LogP contribution in [0.25, 0.3) is 11.3 Å². The molecule has 6 heteroatoms. The van der Waals surface area contributed by atoms with E-state index < -0.39 is 11.7 Å². The van der Waals surface area contributed by atoms with Crippen molar-refractivity contribution in [2.24, 2.45) is 5.10 Å². The number of nitrogens with zero attached hydrogens (tertiary/aromatic N) is 3. The van der Waals surface area contributed by atoms with Crippen LogP contribution in [0.2, 0.25) is 0 Å². The van der Waals surface area contributed by atoms with E-state index >= 15 is 0 Å². The van der Waals surface area contributed by atoms with E-state index in [0.717, 1.165) is 42.9 Å². The largest absolute Gasteiger partial charge is 0.414 e. The van der Waals surface area contributed by atoms with Crippen LogP contribution in [0.5, 0.6) is 0 Å². The van der Waals surface area contributed by atoms with Crippen LogP contribution >= 0.6 is 0 Å². The van der Waals surface area contributed by atoms with E-state index in [9.17, 15) is 13.2 Å². The number of alkyl halides is 3. The van der Waals surface area contributed by atoms with Crippen molar-refractivity contribution in [1.82, 2.24) is 4.98 Å². The summed E-state index contributed by atoms with van der Waals surface area (Å²) in [6, 6.07) is 13.4. The number of hydrazone groups is 1. The standard InChI is InChI=1S/C28H28F3N3/c1-3-4-8-20(2)21-13-15-22(16-14-21)24-9-5-6-10-25(24)26-11-7-12-27(33-26)34-19-23(17-18-32-34)28(29,30)31/h5-7,9-15,17-18,22H,2-4,8,16,19H2,1H3. The lowest BCUT2D eigenvalue weighted by Crippen LogP contribution is -2.29. The number of hydrogen-bond donors (Lipinski definition) is 0. The van der Waals surface area contributed by atoms with Crippen LogP contribution in [0.3, 0.4) is 0 Å². The molecule has 0 spiro atoms. The number of aromatic nitrogens is 1. The lowest BCUT2D eigenvalue weighted by Gasteiger charge is -2.24. The number of benzene rings is 1. The summed E-state index contributed by atoms with van der Waals surface area (Å²) in [7, 11) is 0. The van der Waals surface area contributed by atoms with Crippen LogP contribution in [0.1, 0.15) is 44.1 Å². The third-order valence-electron chi connectivity index (χ3n) is 6.14. The van der Waals surface area contributed by atoms with E-state index in [2.05, 4.69) is 47.9 Å². The van der Waals surface area contributed by atoms with Crippen LogP contribution < -0.4 is 5.01 Å². The van der Waals surface area contributed by atoms with Gasteiger partial charge in [-0.05, 0) is 54.2 Å². The van der Waals surface area contributed by atoms with Gasteiger partial charge in [0, 0.05) is 17.7 Å². The van der Waals surface area contributed by atoms with Crippen LogP contribution in [-0.4, -0.2) is 23.9 Å². The van der Waals surface area contributed by atoms with Crippen molar-refractivity contribution in [2.75, 3.05) is 11.6 Å². The molecule has 34 heavy (non-hydrogen) atoms. The van der Waals surface area contributed by atoms with E-state index in [1.54, 1.807) is 6.07 Å². The monoisotopic (exact) mass is 463 g/mol. The summed E-state index contributed by atoms with van der Waals surface area (Å²) in [4.78, 5) is 4.68. The molecular formula is C28H28F3N3. The zero-order valence-corrected chi connectivity index (χ0v) is 19.2. The highest BCUT2D eigenvalue weighted by molar-refractivity contribution is 5.76. The molecule has 1 aromatic heterocycles. The predicted molar refractivity (Wildman–Crippen MR) is 133 cm³/mol. The number of unbranched alkanes of at least 4 members (excludes halogenated alkanes) is 1. The molecule has 4 rings (SSSR count). The lowest BCUT2D eigenvalue weighted by atomic mass is 9.85. The van der Waals surface area contributed by atoms with Gasteiger partial charge in [0.15, 0.2) is 0 Å². The Hall–Kier alpha value is -3.41. The van der Waals surface area contributed by atoms with Crippen LogP contribution in [0, 0.1) is 0 Å². The first-order valence-corrected chi connectivity index (χ1v) is 11.6. The van der Waals surface area contributed by atoms with Crippen molar-refractivity contribution in [3.8, 4) is 11.3 Å². The molecule has 3 nitrogen and oxygen atoms in total. The molecule has 0 bridgehead atoms. The Morgan fingerprint density at radius 1 is 1.15 bits per heavy atom. The zero-order chi connectivity index (χ0) is 24.1. The summed E-state index contributed by atoms with van der Waals surface area (Å²) in [5, 5.41) is 5.38. The van der Waals surface area contributed by atoms with Gasteiger partial charge in [-0.25, -0.2) is 9.99 Å². The minimum atomic E-state index is -4.39. The highest BCUT2D eigenvalue weighted by Gasteiger charge is 2.35. The summed E-state index contributed by atoms with van der Waals surface area (Å²) in [6.07, 6.45) is 8.55. The Morgan fingerprint density at radius 3 is 2.71 bits per heavy atom. The number of allylic oxidation sites excluding steroid dienone is 6. The predicted octanol–water partition coefficient (Wildman–Crippen LogP) is 7.76. The SMILES string of the molecule is C=C(CCCC)C1=CCC(c2ccccc2-c2cccc(N3CC(C(F)(F)F)=CC=N3)n2)C=C1. The first kappa shape index (κ1) is 23.7. The minimum absolute atomic E-state index is 0.192. The molecule has 0 amide bonds. The van der Waals surface area contributed by atoms with E-state index in [4.69, 9.17) is 0 Å². The molecule has 0 N–H and O–H groups in total. The van der Waals surface area contributed by atoms with Gasteiger partial charge in [0.25, 0.3) is 0 Å². The second-order valence-corrected chi connectivity index (χ2v) is 8.55. The molecule has 0 saturated heterocycles. The molecule has 1 aromatic carbocycles. The molecule has 2 aliphatic rings. The van der Waals surface area contributed by atoms with Crippen molar-refractivity contribution in [2.45, 2.75) is 44.7 Å². The smallest absolute Gasteiger partial charge is 0.243 e. The number of anilines is 1. The number of halogens is 3. The highest BCUT2D eigenvalue weighted by atomic mass is 19.4. The molecule has 1 atom stereocenters. The number of hydrogen-bond acceptors (Lipinski definition) is 3. The number of rotatable bonds is 7. The second-order valence-electron chi connectivity index (χ2n) is 8.55. The van der Waals surface area contributed by atoms with Gasteiger partial charge in [-0.1, -0.05) is 68.5 Å². The molecule has 1 aliphatic heterocycles. The normalized spacial score (nSPS) is 18.0. The van der Waals surface area contributed by atoms with Gasteiger partial charge in [0.1, 0.15) is 5.82 Å². The average Bonchev–Trinajstić information content (AvgIpc) is 2.87. The van der Waals surface area contributed by atoms with Gasteiger partial charge in [0.2, 0.25) is 0 Å². The maximum atomic E-state index is 13.2. The summed E-state index contributed by atoms with van der Waals surface area (Å²) in [5.41, 5.74) is 4.55. The molecule has 2 heterocycles. The number of pyridine rings is 1. The van der Waals surface area contributed by atoms with Gasteiger partial charge in [-0.3, -0.25) is 0 Å². The van der Waals surface area contributed by atoms with Crippen LogP contribution in [0.4, 0.5) is 19.0 Å². The average molecular weight is 464 g/mol. The maximum Gasteiger partial charge on any atom is 0.414 e. The molecule has 0 fully saturated rings. The van der Waals surface area contributed by atoms with Gasteiger partial charge in [0.05, 0.1) is 17.8 Å². The van der Waals surface area contributed by atoms with Crippen molar-refractivity contribution in [1.29, 1.82) is 0 Å². The highest BCUT2D eigenvalue weighted by Crippen LogP contribution is 2.36. The van der Waals surface area contributed by atoms with Crippen molar-refractivity contribution in [3.63, 3.8) is 0 Å². The Labute approximate surface area is 198 Å². The minimum Gasteiger partial charge on any atom is -0.243 e. The lowest BCUT2D eigenvalue weighted by molar-refractivity contribution is -0.0923. The fourth-order valence-corrected chi connectivity index (χ4v) is 4.20. The van der Waals surface area contributed by atoms with E-state index in [0.29, 0.717) is 11.5 Å². The van der Waals surface area contributed by atoms with Gasteiger partial charge >= 0.3 is 6.18 Å².